The van der Waals surface area contributed by atoms with E-state index >= 15 is 0 Å². The predicted octanol–water partition coefficient (Wildman–Crippen LogP) is 2.73. The van der Waals surface area contributed by atoms with E-state index in [9.17, 15) is 9.59 Å². The van der Waals surface area contributed by atoms with E-state index in [1.807, 2.05) is 31.4 Å². The molecule has 7 heteroatoms. The van der Waals surface area contributed by atoms with Crippen LogP contribution in [0.15, 0.2) is 23.6 Å². The lowest BCUT2D eigenvalue weighted by molar-refractivity contribution is -0.115. The Hall–Kier alpha value is -1.86. The van der Waals surface area contributed by atoms with E-state index in [1.54, 1.807) is 6.07 Å². The molecule has 3 N–H and O–H groups in total. The summed E-state index contributed by atoms with van der Waals surface area (Å²) < 4.78 is 0. The van der Waals surface area contributed by atoms with Crippen molar-refractivity contribution in [2.45, 2.75) is 19.6 Å². The van der Waals surface area contributed by atoms with Crippen LogP contribution in [0.2, 0.25) is 0 Å². The Labute approximate surface area is 137 Å². The van der Waals surface area contributed by atoms with Gasteiger partial charge in [0.25, 0.3) is 5.91 Å². The number of aryl methyl sites for hydroxylation is 2. The van der Waals surface area contributed by atoms with Crippen molar-refractivity contribution in [2.24, 2.45) is 5.73 Å². The molecule has 0 radical (unpaired) electrons. The molecular formula is C15H17N3O2S2. The number of nitrogens with one attached hydrogen (secondary N) is 1. The Balaban J connectivity index is 1.95. The second-order valence-electron chi connectivity index (χ2n) is 4.86. The summed E-state index contributed by atoms with van der Waals surface area (Å²) >= 11 is 2.77. The molecule has 22 heavy (non-hydrogen) atoms. The van der Waals surface area contributed by atoms with Crippen molar-refractivity contribution in [3.63, 3.8) is 0 Å². The molecule has 2 amide bonds. The molecule has 2 rings (SSSR count). The largest absolute Gasteiger partial charge is 0.369 e. The van der Waals surface area contributed by atoms with Crippen LogP contribution in [0.4, 0.5) is 5.13 Å². The average molecular weight is 335 g/mol. The SMILES string of the molecule is Cc1ccc(C(=O)Nc2nc(CSCC(N)=O)cs2)cc1C. The number of carbonyl (C=O) groups excluding carboxylic acids is 2. The van der Waals surface area contributed by atoms with Crippen molar-refractivity contribution in [2.75, 3.05) is 11.1 Å². The van der Waals surface area contributed by atoms with E-state index in [1.165, 1.54) is 23.1 Å². The van der Waals surface area contributed by atoms with E-state index in [0.29, 0.717) is 16.4 Å². The second kappa shape index (κ2) is 7.42. The van der Waals surface area contributed by atoms with Gasteiger partial charge in [0.1, 0.15) is 0 Å². The zero-order valence-electron chi connectivity index (χ0n) is 12.4. The highest BCUT2D eigenvalue weighted by Gasteiger charge is 2.10. The molecule has 1 aromatic carbocycles. The minimum absolute atomic E-state index is 0.172. The van der Waals surface area contributed by atoms with Gasteiger partial charge in [0, 0.05) is 16.7 Å². The van der Waals surface area contributed by atoms with Gasteiger partial charge in [0.15, 0.2) is 5.13 Å². The Kier molecular flexibility index (Phi) is 5.57. The van der Waals surface area contributed by atoms with Gasteiger partial charge in [-0.3, -0.25) is 14.9 Å². The number of aromatic nitrogens is 1. The maximum atomic E-state index is 12.2. The Morgan fingerprint density at radius 1 is 1.32 bits per heavy atom. The number of nitrogens with two attached hydrogens (primary N) is 1. The van der Waals surface area contributed by atoms with E-state index in [-0.39, 0.29) is 17.6 Å². The standard InChI is InChI=1S/C15H17N3O2S2/c1-9-3-4-11(5-10(9)2)14(20)18-15-17-12(7-22-15)6-21-8-13(16)19/h3-5,7H,6,8H2,1-2H3,(H2,16,19)(H,17,18,20). The van der Waals surface area contributed by atoms with Crippen molar-refractivity contribution >= 4 is 40.0 Å². The molecular weight excluding hydrogens is 318 g/mol. The molecule has 1 aromatic heterocycles. The fraction of sp³-hybridized carbons (Fsp3) is 0.267. The highest BCUT2D eigenvalue weighted by atomic mass is 32.2. The first-order valence-electron chi connectivity index (χ1n) is 6.65. The number of primary amides is 1. The third-order valence-corrected chi connectivity index (χ3v) is 4.83. The number of rotatable bonds is 6. The molecule has 0 aliphatic carbocycles. The van der Waals surface area contributed by atoms with E-state index in [0.717, 1.165) is 16.8 Å². The number of thiazole rings is 1. The molecule has 0 fully saturated rings. The number of anilines is 1. The van der Waals surface area contributed by atoms with Gasteiger partial charge in [-0.15, -0.1) is 23.1 Å². The van der Waals surface area contributed by atoms with Gasteiger partial charge in [-0.1, -0.05) is 6.07 Å². The lowest BCUT2D eigenvalue weighted by Crippen LogP contribution is -2.13. The smallest absolute Gasteiger partial charge is 0.257 e. The molecule has 0 saturated carbocycles. The van der Waals surface area contributed by atoms with Crippen LogP contribution in [0.25, 0.3) is 0 Å². The van der Waals surface area contributed by atoms with Crippen molar-refractivity contribution in [3.05, 3.63) is 46.0 Å². The van der Waals surface area contributed by atoms with Crippen LogP contribution >= 0.6 is 23.1 Å². The van der Waals surface area contributed by atoms with Crippen molar-refractivity contribution < 1.29 is 9.59 Å². The number of carbonyl (C=O) groups is 2. The van der Waals surface area contributed by atoms with Gasteiger partial charge < -0.3 is 5.73 Å². The summed E-state index contributed by atoms with van der Waals surface area (Å²) in [4.78, 5) is 27.2. The first-order chi connectivity index (χ1) is 10.5. The predicted molar refractivity (Wildman–Crippen MR) is 91.3 cm³/mol. The fourth-order valence-electron chi connectivity index (χ4n) is 1.74. The topological polar surface area (TPSA) is 85.1 Å². The van der Waals surface area contributed by atoms with Crippen LogP contribution in [0.3, 0.4) is 0 Å². The molecule has 1 heterocycles. The number of amides is 2. The fourth-order valence-corrected chi connectivity index (χ4v) is 3.21. The minimum Gasteiger partial charge on any atom is -0.369 e. The van der Waals surface area contributed by atoms with Crippen LogP contribution in [0, 0.1) is 13.8 Å². The van der Waals surface area contributed by atoms with Crippen LogP contribution in [-0.2, 0) is 10.5 Å². The molecule has 0 aliphatic heterocycles. The third-order valence-electron chi connectivity index (χ3n) is 3.04. The molecule has 0 unspecified atom stereocenters. The summed E-state index contributed by atoms with van der Waals surface area (Å²) in [5.41, 5.74) is 8.75. The summed E-state index contributed by atoms with van der Waals surface area (Å²) in [5, 5.41) is 5.21. The van der Waals surface area contributed by atoms with Crippen molar-refractivity contribution in [1.29, 1.82) is 0 Å². The molecule has 0 atom stereocenters. The Morgan fingerprint density at radius 3 is 2.77 bits per heavy atom. The molecule has 0 aliphatic rings. The van der Waals surface area contributed by atoms with Crippen LogP contribution in [0.1, 0.15) is 27.2 Å². The number of thioether (sulfide) groups is 1. The van der Waals surface area contributed by atoms with Crippen molar-refractivity contribution in [1.82, 2.24) is 4.98 Å². The van der Waals surface area contributed by atoms with Gasteiger partial charge in [-0.25, -0.2) is 4.98 Å². The first-order valence-corrected chi connectivity index (χ1v) is 8.68. The van der Waals surface area contributed by atoms with Gasteiger partial charge in [-0.05, 0) is 37.1 Å². The minimum atomic E-state index is -0.344. The van der Waals surface area contributed by atoms with Crippen molar-refractivity contribution in [3.8, 4) is 0 Å². The van der Waals surface area contributed by atoms with E-state index < -0.39 is 0 Å². The Bertz CT molecular complexity index is 698. The quantitative estimate of drug-likeness (QED) is 0.850. The monoisotopic (exact) mass is 335 g/mol. The summed E-state index contributed by atoms with van der Waals surface area (Å²) in [5.74, 6) is 0.346. The van der Waals surface area contributed by atoms with Crippen LogP contribution in [0.5, 0.6) is 0 Å². The van der Waals surface area contributed by atoms with Gasteiger partial charge >= 0.3 is 0 Å². The summed E-state index contributed by atoms with van der Waals surface area (Å²) in [6, 6.07) is 5.59. The molecule has 2 aromatic rings. The second-order valence-corrected chi connectivity index (χ2v) is 6.70. The molecule has 5 nitrogen and oxygen atoms in total. The molecule has 0 spiro atoms. The van der Waals surface area contributed by atoms with Gasteiger partial charge in [0.05, 0.1) is 11.4 Å². The Morgan fingerprint density at radius 2 is 2.09 bits per heavy atom. The number of hydrogen-bond acceptors (Lipinski definition) is 5. The summed E-state index contributed by atoms with van der Waals surface area (Å²) in [7, 11) is 0. The lowest BCUT2D eigenvalue weighted by Gasteiger charge is -2.04. The summed E-state index contributed by atoms with van der Waals surface area (Å²) in [6.07, 6.45) is 0. The lowest BCUT2D eigenvalue weighted by atomic mass is 10.1. The van der Waals surface area contributed by atoms with Crippen LogP contribution < -0.4 is 11.1 Å². The van der Waals surface area contributed by atoms with Crippen LogP contribution in [-0.4, -0.2) is 22.6 Å². The first kappa shape index (κ1) is 16.5. The highest BCUT2D eigenvalue weighted by molar-refractivity contribution is 7.99. The number of nitrogens with zero attached hydrogens (tertiary/aromatic N) is 1. The average Bonchev–Trinajstić information content (AvgIpc) is 2.89. The van der Waals surface area contributed by atoms with E-state index in [4.69, 9.17) is 5.73 Å². The summed E-state index contributed by atoms with van der Waals surface area (Å²) in [6.45, 7) is 3.98. The number of hydrogen-bond donors (Lipinski definition) is 2. The molecule has 0 saturated heterocycles. The normalized spacial score (nSPS) is 10.5. The van der Waals surface area contributed by atoms with Gasteiger partial charge in [0.2, 0.25) is 5.91 Å². The third kappa shape index (κ3) is 4.57. The maximum absolute atomic E-state index is 12.2. The maximum Gasteiger partial charge on any atom is 0.257 e. The number of benzene rings is 1. The molecule has 0 bridgehead atoms. The van der Waals surface area contributed by atoms with Gasteiger partial charge in [-0.2, -0.15) is 0 Å². The zero-order valence-corrected chi connectivity index (χ0v) is 14.0. The molecule has 116 valence electrons. The van der Waals surface area contributed by atoms with E-state index in [2.05, 4.69) is 10.3 Å². The highest BCUT2D eigenvalue weighted by Crippen LogP contribution is 2.20. The zero-order chi connectivity index (χ0) is 16.1.